The van der Waals surface area contributed by atoms with E-state index in [1.165, 1.54) is 115 Å². The molecule has 0 aromatic carbocycles. The number of quaternary nitrogens is 1. The summed E-state index contributed by atoms with van der Waals surface area (Å²) in [6, 6.07) is 0. The Morgan fingerprint density at radius 2 is 1.20 bits per heavy atom. The topological polar surface area (TPSA) is 72.7 Å². The molecule has 5 heteroatoms. The molecule has 1 rings (SSSR count). The Morgan fingerprint density at radius 3 is 1.60 bits per heavy atom. The summed E-state index contributed by atoms with van der Waals surface area (Å²) in [6.45, 7) is 1.81. The number of carbonyl (C=O) groups is 1. The summed E-state index contributed by atoms with van der Waals surface area (Å²) in [5, 5.41) is 21.3. The van der Waals surface area contributed by atoms with Gasteiger partial charge in [0.15, 0.2) is 6.54 Å². The number of hydrogen-bond donors (Lipinski definition) is 1. The van der Waals surface area contributed by atoms with Gasteiger partial charge in [-0.25, -0.2) is 9.79 Å². The molecule has 174 valence electrons. The van der Waals surface area contributed by atoms with Crippen molar-refractivity contribution in [3.63, 3.8) is 0 Å². The van der Waals surface area contributed by atoms with E-state index >= 15 is 0 Å². The molecule has 0 fully saturated rings. The molecule has 1 unspecified atom stereocenters. The second-order valence-electron chi connectivity index (χ2n) is 8.95. The van der Waals surface area contributed by atoms with E-state index in [0.717, 1.165) is 12.8 Å². The molecule has 0 radical (unpaired) electrons. The van der Waals surface area contributed by atoms with Crippen molar-refractivity contribution >= 4 is 11.8 Å². The molecule has 0 aromatic rings. The Hall–Kier alpha value is -1.20. The summed E-state index contributed by atoms with van der Waals surface area (Å²) in [5.74, 6) is -0.643. The minimum atomic E-state index is -1.08. The van der Waals surface area contributed by atoms with Crippen LogP contribution in [0, 0.1) is 5.21 Å². The number of carboxylic acids is 1. The molecule has 0 spiro atoms. The first-order chi connectivity index (χ1) is 14.6. The van der Waals surface area contributed by atoms with Gasteiger partial charge in [-0.15, -0.1) is 0 Å². The van der Waals surface area contributed by atoms with E-state index < -0.39 is 17.2 Å². The highest BCUT2D eigenvalue weighted by molar-refractivity contribution is 5.81. The number of amidine groups is 1. The highest BCUT2D eigenvalue weighted by Crippen LogP contribution is 2.20. The zero-order valence-electron chi connectivity index (χ0n) is 19.5. The Balaban J connectivity index is 1.82. The fourth-order valence-electron chi connectivity index (χ4n) is 4.19. The van der Waals surface area contributed by atoms with E-state index in [1.54, 1.807) is 0 Å². The zero-order chi connectivity index (χ0) is 21.9. The third-order valence-corrected chi connectivity index (χ3v) is 6.09. The van der Waals surface area contributed by atoms with E-state index in [1.807, 2.05) is 0 Å². The van der Waals surface area contributed by atoms with E-state index in [0.29, 0.717) is 12.3 Å². The number of carboxylic acid groups (broad SMARTS) is 1. The fraction of sp³-hybridized carbons (Fsp3) is 0.840. The van der Waals surface area contributed by atoms with Crippen molar-refractivity contribution in [3.05, 3.63) is 17.6 Å². The molecule has 0 aromatic heterocycles. The Kier molecular flexibility index (Phi) is 15.6. The summed E-state index contributed by atoms with van der Waals surface area (Å²) < 4.78 is -0.908. The first-order valence-electron chi connectivity index (χ1n) is 12.6. The van der Waals surface area contributed by atoms with Crippen molar-refractivity contribution in [3.8, 4) is 0 Å². The van der Waals surface area contributed by atoms with E-state index in [4.69, 9.17) is 5.11 Å². The van der Waals surface area contributed by atoms with Crippen LogP contribution < -0.4 is 0 Å². The van der Waals surface area contributed by atoms with E-state index in [9.17, 15) is 10.0 Å². The van der Waals surface area contributed by atoms with Gasteiger partial charge in [0.2, 0.25) is 5.84 Å². The molecule has 1 aliphatic rings. The lowest BCUT2D eigenvalue weighted by Crippen LogP contribution is -2.44. The van der Waals surface area contributed by atoms with Crippen molar-refractivity contribution in [2.24, 2.45) is 4.99 Å². The van der Waals surface area contributed by atoms with Gasteiger partial charge < -0.3 is 10.3 Å². The van der Waals surface area contributed by atoms with Gasteiger partial charge in [0.1, 0.15) is 6.20 Å². The van der Waals surface area contributed by atoms with Crippen LogP contribution in [-0.2, 0) is 4.79 Å². The lowest BCUT2D eigenvalue weighted by atomic mass is 10.0. The maximum Gasteiger partial charge on any atom is 0.360 e. The zero-order valence-corrected chi connectivity index (χ0v) is 19.5. The Morgan fingerprint density at radius 1 is 0.800 bits per heavy atom. The maximum atomic E-state index is 12.4. The highest BCUT2D eigenvalue weighted by atomic mass is 16.6. The predicted octanol–water partition coefficient (Wildman–Crippen LogP) is 7.70. The van der Waals surface area contributed by atoms with Gasteiger partial charge in [0.25, 0.3) is 0 Å². The number of hydrogen-bond acceptors (Lipinski definition) is 3. The number of hydroxylamine groups is 3. The Bertz CT molecular complexity index is 505. The quantitative estimate of drug-likeness (QED) is 0.117. The van der Waals surface area contributed by atoms with Crippen LogP contribution >= 0.6 is 0 Å². The average molecular weight is 423 g/mol. The van der Waals surface area contributed by atoms with Crippen molar-refractivity contribution in [1.29, 1.82) is 0 Å². The molecular formula is C25H46N2O3. The molecule has 1 heterocycles. The molecule has 1 N–H and O–H groups in total. The molecule has 0 saturated carbocycles. The summed E-state index contributed by atoms with van der Waals surface area (Å²) in [7, 11) is 0. The minimum Gasteiger partial charge on any atom is -0.621 e. The molecule has 0 amide bonds. The predicted molar refractivity (Wildman–Crippen MR) is 126 cm³/mol. The number of unbranched alkanes of at least 4 members (excludes halogenated alkanes) is 17. The lowest BCUT2D eigenvalue weighted by molar-refractivity contribution is -0.723. The summed E-state index contributed by atoms with van der Waals surface area (Å²) >= 11 is 0. The van der Waals surface area contributed by atoms with Crippen LogP contribution in [0.2, 0.25) is 0 Å². The highest BCUT2D eigenvalue weighted by Gasteiger charge is 2.28. The van der Waals surface area contributed by atoms with Crippen LogP contribution in [0.5, 0.6) is 0 Å². The van der Waals surface area contributed by atoms with Crippen molar-refractivity contribution < 1.29 is 14.5 Å². The molecule has 0 bridgehead atoms. The van der Waals surface area contributed by atoms with Crippen LogP contribution in [0.4, 0.5) is 0 Å². The third kappa shape index (κ3) is 13.2. The average Bonchev–Trinajstić information content (AvgIpc) is 3.06. The monoisotopic (exact) mass is 422 g/mol. The standard InChI is InChI=1S/C25H46N2O3/c1-2-3-4-5-6-7-8-9-10-11-12-13-14-15-16-17-18-19-20-24-26-21-22-27(24,30)23-25(28)29/h21-22H,2-20,23H2,1H3,(H,28,29). The van der Waals surface area contributed by atoms with E-state index in [-0.39, 0.29) is 0 Å². The first kappa shape index (κ1) is 26.8. The summed E-state index contributed by atoms with van der Waals surface area (Å²) in [5.41, 5.74) is 0. The molecular weight excluding hydrogens is 376 g/mol. The molecule has 1 aliphatic heterocycles. The third-order valence-electron chi connectivity index (χ3n) is 6.09. The molecule has 1 atom stereocenters. The molecule has 30 heavy (non-hydrogen) atoms. The number of rotatable bonds is 21. The van der Waals surface area contributed by atoms with Crippen LogP contribution in [0.15, 0.2) is 17.4 Å². The second-order valence-corrected chi connectivity index (χ2v) is 8.95. The molecule has 0 aliphatic carbocycles. The smallest absolute Gasteiger partial charge is 0.360 e. The van der Waals surface area contributed by atoms with Crippen molar-refractivity contribution in [1.82, 2.24) is 0 Å². The van der Waals surface area contributed by atoms with Crippen LogP contribution in [0.1, 0.15) is 129 Å². The normalized spacial score (nSPS) is 18.1. The van der Waals surface area contributed by atoms with Gasteiger partial charge in [-0.3, -0.25) is 4.65 Å². The number of aliphatic carboxylic acids is 1. The molecule has 0 saturated heterocycles. The van der Waals surface area contributed by atoms with Crippen molar-refractivity contribution in [2.45, 2.75) is 129 Å². The van der Waals surface area contributed by atoms with Gasteiger partial charge in [0, 0.05) is 6.42 Å². The lowest BCUT2D eigenvalue weighted by Gasteiger charge is -2.34. The van der Waals surface area contributed by atoms with Crippen LogP contribution in [0.25, 0.3) is 0 Å². The van der Waals surface area contributed by atoms with Gasteiger partial charge in [-0.1, -0.05) is 116 Å². The van der Waals surface area contributed by atoms with Gasteiger partial charge in [-0.05, 0) is 6.42 Å². The minimum absolute atomic E-state index is 0.439. The SMILES string of the molecule is CCCCCCCCCCCCCCCCCCCCC1=NC=C[N+]1([O-])CC(=O)O. The summed E-state index contributed by atoms with van der Waals surface area (Å²) in [6.07, 6.45) is 27.4. The van der Waals surface area contributed by atoms with Crippen LogP contribution in [-0.4, -0.2) is 28.1 Å². The second kappa shape index (κ2) is 17.5. The van der Waals surface area contributed by atoms with Gasteiger partial charge in [0.05, 0.1) is 6.20 Å². The Labute approximate surface area is 184 Å². The van der Waals surface area contributed by atoms with E-state index in [2.05, 4.69) is 11.9 Å². The van der Waals surface area contributed by atoms with Gasteiger partial charge >= 0.3 is 5.97 Å². The number of aliphatic imine (C=N–C) groups is 1. The molecule has 5 nitrogen and oxygen atoms in total. The van der Waals surface area contributed by atoms with Gasteiger partial charge in [-0.2, -0.15) is 0 Å². The van der Waals surface area contributed by atoms with Crippen LogP contribution in [0.3, 0.4) is 0 Å². The summed E-state index contributed by atoms with van der Waals surface area (Å²) in [4.78, 5) is 14.9. The van der Waals surface area contributed by atoms with Crippen molar-refractivity contribution in [2.75, 3.05) is 6.54 Å². The first-order valence-corrected chi connectivity index (χ1v) is 12.6. The number of nitrogens with zero attached hydrogens (tertiary/aromatic N) is 2. The fourth-order valence-corrected chi connectivity index (χ4v) is 4.19. The largest absolute Gasteiger partial charge is 0.621 e. The maximum absolute atomic E-state index is 12.4.